The number of imidazole rings is 1. The summed E-state index contributed by atoms with van der Waals surface area (Å²) < 4.78 is 7.66. The van der Waals surface area contributed by atoms with Crippen LogP contribution in [0.5, 0.6) is 11.5 Å². The number of nitrogens with zero attached hydrogens (tertiary/aromatic N) is 3. The number of phenolic OH excluding ortho intramolecular Hbond substituents is 1. The summed E-state index contributed by atoms with van der Waals surface area (Å²) in [6, 6.07) is 6.75. The van der Waals surface area contributed by atoms with Gasteiger partial charge in [-0.05, 0) is 46.4 Å². The van der Waals surface area contributed by atoms with Crippen molar-refractivity contribution in [2.24, 2.45) is 0 Å². The Morgan fingerprint density at radius 1 is 1.42 bits per heavy atom. The smallest absolute Gasteiger partial charge is 0.411 e. The van der Waals surface area contributed by atoms with Crippen LogP contribution in [0.15, 0.2) is 30.5 Å². The molecule has 1 aromatic carbocycles. The minimum absolute atomic E-state index is 0.0355. The van der Waals surface area contributed by atoms with Crippen LogP contribution in [-0.4, -0.2) is 38.0 Å². The second-order valence-corrected chi connectivity index (χ2v) is 6.20. The number of aromatic nitrogens is 3. The highest BCUT2D eigenvalue weighted by Crippen LogP contribution is 2.28. The number of anilines is 1. The number of ether oxygens (including phenoxy) is 1. The van der Waals surface area contributed by atoms with E-state index in [0.29, 0.717) is 23.5 Å². The molecule has 8 nitrogen and oxygen atoms in total. The normalized spacial score (nSPS) is 10.8. The van der Waals surface area contributed by atoms with Crippen LogP contribution < -0.4 is 10.1 Å². The van der Waals surface area contributed by atoms with E-state index in [9.17, 15) is 9.90 Å². The van der Waals surface area contributed by atoms with Crippen molar-refractivity contribution in [3.05, 3.63) is 39.6 Å². The molecule has 0 saturated heterocycles. The molecule has 3 N–H and O–H groups in total. The van der Waals surface area contributed by atoms with Crippen molar-refractivity contribution in [3.8, 4) is 11.5 Å². The molecule has 0 bridgehead atoms. The number of fused-ring (bicyclic) bond motifs is 1. The zero-order valence-corrected chi connectivity index (χ0v) is 14.7. The van der Waals surface area contributed by atoms with Crippen LogP contribution in [0.25, 0.3) is 11.2 Å². The Labute approximate surface area is 150 Å². The van der Waals surface area contributed by atoms with Gasteiger partial charge in [-0.2, -0.15) is 0 Å². The molecule has 124 valence electrons. The molecule has 0 spiro atoms. The van der Waals surface area contributed by atoms with Crippen LogP contribution in [0.4, 0.5) is 10.7 Å². The fraction of sp³-hybridized carbons (Fsp3) is 0.133. The Kier molecular flexibility index (Phi) is 4.42. The largest absolute Gasteiger partial charge is 0.504 e. The van der Waals surface area contributed by atoms with Gasteiger partial charge < -0.3 is 14.9 Å². The van der Waals surface area contributed by atoms with Crippen molar-refractivity contribution in [2.45, 2.75) is 6.54 Å². The van der Waals surface area contributed by atoms with Gasteiger partial charge in [-0.1, -0.05) is 6.07 Å². The van der Waals surface area contributed by atoms with Crippen LogP contribution >= 0.6 is 22.6 Å². The van der Waals surface area contributed by atoms with Gasteiger partial charge in [0.25, 0.3) is 0 Å². The third-order valence-electron chi connectivity index (χ3n) is 3.36. The molecule has 0 radical (unpaired) electrons. The number of carboxylic acid groups (broad SMARTS) is 1. The van der Waals surface area contributed by atoms with E-state index in [1.165, 1.54) is 13.2 Å². The topological polar surface area (TPSA) is 110 Å². The molecule has 0 aliphatic carbocycles. The maximum absolute atomic E-state index is 11.0. The molecule has 3 rings (SSSR count). The second-order valence-electron chi connectivity index (χ2n) is 4.95. The molecule has 0 aliphatic heterocycles. The summed E-state index contributed by atoms with van der Waals surface area (Å²) in [6.45, 7) is 0.316. The van der Waals surface area contributed by atoms with E-state index in [-0.39, 0.29) is 11.7 Å². The monoisotopic (exact) mass is 440 g/mol. The van der Waals surface area contributed by atoms with E-state index in [1.807, 2.05) is 6.07 Å². The maximum Gasteiger partial charge on any atom is 0.411 e. The first-order valence-corrected chi connectivity index (χ1v) is 7.93. The van der Waals surface area contributed by atoms with E-state index in [4.69, 9.17) is 9.84 Å². The van der Waals surface area contributed by atoms with Crippen molar-refractivity contribution in [1.82, 2.24) is 14.5 Å². The molecule has 0 aliphatic rings. The Hall–Kier alpha value is -2.56. The Balaban J connectivity index is 2.08. The highest BCUT2D eigenvalue weighted by atomic mass is 127. The van der Waals surface area contributed by atoms with Gasteiger partial charge in [0.2, 0.25) is 5.95 Å². The van der Waals surface area contributed by atoms with Gasteiger partial charge >= 0.3 is 6.09 Å². The maximum atomic E-state index is 11.0. The lowest BCUT2D eigenvalue weighted by atomic mass is 10.2. The average Bonchev–Trinajstić information content (AvgIpc) is 2.85. The van der Waals surface area contributed by atoms with E-state index in [2.05, 4.69) is 37.9 Å². The molecule has 2 heterocycles. The molecule has 9 heteroatoms. The zero-order chi connectivity index (χ0) is 17.3. The van der Waals surface area contributed by atoms with Crippen LogP contribution in [0.1, 0.15) is 5.56 Å². The van der Waals surface area contributed by atoms with Gasteiger partial charge in [-0.3, -0.25) is 9.88 Å². The minimum Gasteiger partial charge on any atom is -0.504 e. The summed E-state index contributed by atoms with van der Waals surface area (Å²) in [7, 11) is 1.46. The van der Waals surface area contributed by atoms with Gasteiger partial charge in [0.05, 0.1) is 13.7 Å². The standard InChI is InChI=1S/C15H13IN4O4/c1-24-12-4-8(2-3-11(12)21)7-20-13-10(5-9(16)6-17-13)18-14(20)19-15(22)23/h2-6,21H,7H2,1H3,(H,18,19)(H,22,23). The van der Waals surface area contributed by atoms with Crippen molar-refractivity contribution in [3.63, 3.8) is 0 Å². The highest BCUT2D eigenvalue weighted by Gasteiger charge is 2.15. The van der Waals surface area contributed by atoms with Crippen molar-refractivity contribution in [2.75, 3.05) is 12.4 Å². The van der Waals surface area contributed by atoms with Gasteiger partial charge in [0, 0.05) is 9.77 Å². The van der Waals surface area contributed by atoms with Crippen molar-refractivity contribution in [1.29, 1.82) is 0 Å². The van der Waals surface area contributed by atoms with E-state index < -0.39 is 6.09 Å². The van der Waals surface area contributed by atoms with Crippen molar-refractivity contribution < 1.29 is 19.7 Å². The minimum atomic E-state index is -1.20. The molecule has 0 atom stereocenters. The predicted octanol–water partition coefficient (Wildman–Crippen LogP) is 2.89. The lowest BCUT2D eigenvalue weighted by Crippen LogP contribution is -2.13. The van der Waals surface area contributed by atoms with E-state index >= 15 is 0 Å². The quantitative estimate of drug-likeness (QED) is 0.539. The zero-order valence-electron chi connectivity index (χ0n) is 12.5. The van der Waals surface area contributed by atoms with Crippen LogP contribution in [-0.2, 0) is 6.54 Å². The van der Waals surface area contributed by atoms with E-state index in [1.54, 1.807) is 22.9 Å². The van der Waals surface area contributed by atoms with Crippen molar-refractivity contribution >= 4 is 45.8 Å². The molecule has 1 amide bonds. The number of hydrogen-bond donors (Lipinski definition) is 3. The summed E-state index contributed by atoms with van der Waals surface area (Å²) in [6.07, 6.45) is 0.479. The third-order valence-corrected chi connectivity index (χ3v) is 3.95. The highest BCUT2D eigenvalue weighted by molar-refractivity contribution is 14.1. The molecule has 0 unspecified atom stereocenters. The van der Waals surface area contributed by atoms with Gasteiger partial charge in [-0.15, -0.1) is 0 Å². The number of benzene rings is 1. The first-order chi connectivity index (χ1) is 11.5. The predicted molar refractivity (Wildman–Crippen MR) is 95.7 cm³/mol. The number of amides is 1. The molecule has 0 saturated carbocycles. The first-order valence-electron chi connectivity index (χ1n) is 6.85. The molecule has 3 aromatic rings. The van der Waals surface area contributed by atoms with Crippen LogP contribution in [0.3, 0.4) is 0 Å². The lowest BCUT2D eigenvalue weighted by Gasteiger charge is -2.10. The molecular weight excluding hydrogens is 427 g/mol. The Morgan fingerprint density at radius 2 is 2.21 bits per heavy atom. The van der Waals surface area contributed by atoms with Crippen LogP contribution in [0, 0.1) is 3.57 Å². The fourth-order valence-electron chi connectivity index (χ4n) is 2.33. The number of nitrogens with one attached hydrogen (secondary N) is 1. The van der Waals surface area contributed by atoms with Gasteiger partial charge in [-0.25, -0.2) is 14.8 Å². The van der Waals surface area contributed by atoms with Gasteiger partial charge in [0.1, 0.15) is 5.52 Å². The molecular formula is C15H13IN4O4. The molecule has 2 aromatic heterocycles. The van der Waals surface area contributed by atoms with Crippen LogP contribution in [0.2, 0.25) is 0 Å². The lowest BCUT2D eigenvalue weighted by molar-refractivity contribution is 0.209. The first kappa shape index (κ1) is 16.3. The third kappa shape index (κ3) is 3.20. The number of halogens is 1. The fourth-order valence-corrected chi connectivity index (χ4v) is 2.76. The second kappa shape index (κ2) is 6.51. The Bertz CT molecular complexity index is 925. The number of aromatic hydroxyl groups is 1. The SMILES string of the molecule is COc1cc(Cn2c(NC(=O)O)nc3cc(I)cnc32)ccc1O. The summed E-state index contributed by atoms with van der Waals surface area (Å²) in [5, 5.41) is 21.0. The summed E-state index contributed by atoms with van der Waals surface area (Å²) >= 11 is 2.12. The number of phenols is 1. The molecule has 0 fully saturated rings. The summed E-state index contributed by atoms with van der Waals surface area (Å²) in [4.78, 5) is 19.7. The molecule has 24 heavy (non-hydrogen) atoms. The summed E-state index contributed by atoms with van der Waals surface area (Å²) in [5.41, 5.74) is 1.96. The number of carbonyl (C=O) groups is 1. The number of rotatable bonds is 4. The number of pyridine rings is 1. The number of hydrogen-bond acceptors (Lipinski definition) is 5. The Morgan fingerprint density at radius 3 is 2.92 bits per heavy atom. The van der Waals surface area contributed by atoms with E-state index in [0.717, 1.165) is 9.13 Å². The van der Waals surface area contributed by atoms with Gasteiger partial charge in [0.15, 0.2) is 17.1 Å². The average molecular weight is 440 g/mol. The number of methoxy groups -OCH3 is 1. The summed E-state index contributed by atoms with van der Waals surface area (Å²) in [5.74, 6) is 0.555.